The van der Waals surface area contributed by atoms with Gasteiger partial charge in [-0.05, 0) is 57.8 Å². The van der Waals surface area contributed by atoms with Crippen molar-refractivity contribution in [3.05, 3.63) is 34.9 Å². The van der Waals surface area contributed by atoms with Gasteiger partial charge in [0.2, 0.25) is 0 Å². The monoisotopic (exact) mass is 248 g/mol. The lowest BCUT2D eigenvalue weighted by atomic mass is 10.0. The van der Waals surface area contributed by atoms with Crippen LogP contribution >= 0.6 is 0 Å². The van der Waals surface area contributed by atoms with Gasteiger partial charge in [-0.2, -0.15) is 0 Å². The molecule has 0 unspecified atom stereocenters. The van der Waals surface area contributed by atoms with E-state index in [1.807, 2.05) is 20.8 Å². The van der Waals surface area contributed by atoms with Crippen LogP contribution < -0.4 is 0 Å². The molecule has 0 amide bonds. The molecule has 0 aromatic heterocycles. The minimum absolute atomic E-state index is 0.0473. The zero-order valence-electron chi connectivity index (χ0n) is 11.3. The Morgan fingerprint density at radius 2 is 2.06 bits per heavy atom. The lowest BCUT2D eigenvalue weighted by molar-refractivity contribution is -0.135. The molecule has 0 aromatic rings. The number of carbonyl (C=O) groups excluding carboxylic acids is 2. The smallest absolute Gasteiger partial charge is 0.331 e. The van der Waals surface area contributed by atoms with Crippen LogP contribution in [-0.4, -0.2) is 18.4 Å². The molecule has 3 heteroatoms. The molecule has 0 saturated heterocycles. The van der Waals surface area contributed by atoms with Crippen molar-refractivity contribution in [2.75, 3.05) is 6.61 Å². The molecule has 0 atom stereocenters. The molecule has 3 nitrogen and oxygen atoms in total. The minimum atomic E-state index is -0.240. The molecule has 0 radical (unpaired) electrons. The average Bonchev–Trinajstić information content (AvgIpc) is 2.62. The Balaban J connectivity index is 2.33. The quantitative estimate of drug-likeness (QED) is 0.536. The van der Waals surface area contributed by atoms with Crippen LogP contribution in [0.1, 0.15) is 40.0 Å². The molecule has 0 saturated carbocycles. The Morgan fingerprint density at radius 3 is 2.61 bits per heavy atom. The van der Waals surface area contributed by atoms with Crippen molar-refractivity contribution >= 4 is 11.8 Å². The number of ketones is 1. The van der Waals surface area contributed by atoms with Crippen molar-refractivity contribution in [2.24, 2.45) is 0 Å². The number of rotatable bonds is 6. The predicted molar refractivity (Wildman–Crippen MR) is 71.1 cm³/mol. The fraction of sp³-hybridized carbons (Fsp3) is 0.467. The van der Waals surface area contributed by atoms with Crippen LogP contribution in [0.2, 0.25) is 0 Å². The molecule has 1 rings (SSSR count). The molecule has 1 heterocycles. The van der Waals surface area contributed by atoms with E-state index in [1.54, 1.807) is 18.2 Å². The van der Waals surface area contributed by atoms with E-state index in [4.69, 9.17) is 4.74 Å². The lowest BCUT2D eigenvalue weighted by Gasteiger charge is -2.01. The largest absolute Gasteiger partial charge is 0.458 e. The molecular formula is C15H20O3. The van der Waals surface area contributed by atoms with Gasteiger partial charge >= 0.3 is 5.97 Å². The summed E-state index contributed by atoms with van der Waals surface area (Å²) in [6.45, 7) is 6.20. The maximum absolute atomic E-state index is 11.5. The first-order valence-corrected chi connectivity index (χ1v) is 6.19. The van der Waals surface area contributed by atoms with E-state index in [0.29, 0.717) is 6.61 Å². The normalized spacial score (nSPS) is 15.2. The number of cyclic esters (lactones) is 1. The van der Waals surface area contributed by atoms with E-state index < -0.39 is 0 Å². The summed E-state index contributed by atoms with van der Waals surface area (Å²) in [5.41, 5.74) is 3.13. The van der Waals surface area contributed by atoms with Gasteiger partial charge in [-0.3, -0.25) is 4.79 Å². The van der Waals surface area contributed by atoms with Gasteiger partial charge in [0.25, 0.3) is 0 Å². The van der Waals surface area contributed by atoms with E-state index in [-0.39, 0.29) is 11.8 Å². The molecule has 1 aliphatic heterocycles. The third-order valence-electron chi connectivity index (χ3n) is 2.61. The molecule has 0 fully saturated rings. The van der Waals surface area contributed by atoms with E-state index in [0.717, 1.165) is 36.0 Å². The molecule has 0 N–H and O–H groups in total. The first kappa shape index (κ1) is 14.4. The summed E-state index contributed by atoms with van der Waals surface area (Å²) in [7, 11) is 0. The Bertz CT molecular complexity index is 421. The Kier molecular flexibility index (Phi) is 5.56. The fourth-order valence-electron chi connectivity index (χ4n) is 1.79. The molecule has 0 bridgehead atoms. The van der Waals surface area contributed by atoms with Gasteiger partial charge in [-0.25, -0.2) is 4.79 Å². The van der Waals surface area contributed by atoms with E-state index in [9.17, 15) is 9.59 Å². The average molecular weight is 248 g/mol. The van der Waals surface area contributed by atoms with Crippen LogP contribution in [0.25, 0.3) is 0 Å². The van der Waals surface area contributed by atoms with Gasteiger partial charge < -0.3 is 4.74 Å². The van der Waals surface area contributed by atoms with Crippen molar-refractivity contribution < 1.29 is 14.3 Å². The van der Waals surface area contributed by atoms with Crippen LogP contribution in [0.4, 0.5) is 0 Å². The summed E-state index contributed by atoms with van der Waals surface area (Å²) in [6, 6.07) is 0. The van der Waals surface area contributed by atoms with Crippen molar-refractivity contribution in [3.63, 3.8) is 0 Å². The maximum Gasteiger partial charge on any atom is 0.331 e. The van der Waals surface area contributed by atoms with Crippen molar-refractivity contribution in [1.29, 1.82) is 0 Å². The van der Waals surface area contributed by atoms with Gasteiger partial charge in [0.1, 0.15) is 6.61 Å². The molecule has 98 valence electrons. The highest BCUT2D eigenvalue weighted by atomic mass is 16.5. The molecule has 18 heavy (non-hydrogen) atoms. The summed E-state index contributed by atoms with van der Waals surface area (Å²) < 4.78 is 4.82. The molecule has 1 aliphatic rings. The molecular weight excluding hydrogens is 228 g/mol. The van der Waals surface area contributed by atoms with E-state index >= 15 is 0 Å². The second kappa shape index (κ2) is 6.94. The highest BCUT2D eigenvalue weighted by molar-refractivity contribution is 6.00. The number of hydrogen-bond donors (Lipinski definition) is 0. The van der Waals surface area contributed by atoms with Crippen molar-refractivity contribution in [3.8, 4) is 0 Å². The fourth-order valence-corrected chi connectivity index (χ4v) is 1.79. The van der Waals surface area contributed by atoms with Crippen molar-refractivity contribution in [1.82, 2.24) is 0 Å². The number of esters is 1. The van der Waals surface area contributed by atoms with Gasteiger partial charge in [0.05, 0.1) is 0 Å². The van der Waals surface area contributed by atoms with E-state index in [1.165, 1.54) is 0 Å². The summed E-state index contributed by atoms with van der Waals surface area (Å²) in [5, 5.41) is 0. The number of hydrogen-bond acceptors (Lipinski definition) is 3. The van der Waals surface area contributed by atoms with Crippen molar-refractivity contribution in [2.45, 2.75) is 40.0 Å². The summed E-state index contributed by atoms with van der Waals surface area (Å²) in [6.07, 6.45) is 7.54. The zero-order chi connectivity index (χ0) is 13.5. The Morgan fingerprint density at radius 1 is 1.33 bits per heavy atom. The number of ether oxygens (including phenoxy) is 1. The zero-order valence-corrected chi connectivity index (χ0v) is 11.3. The minimum Gasteiger partial charge on any atom is -0.458 e. The second-order valence-corrected chi connectivity index (χ2v) is 4.88. The van der Waals surface area contributed by atoms with E-state index in [2.05, 4.69) is 0 Å². The SMILES string of the molecule is CC(C)=CC(=O)/C=C(/C)CCCC1=CC(=O)OC1. The van der Waals surface area contributed by atoms with Crippen LogP contribution in [-0.2, 0) is 14.3 Å². The molecule has 0 aromatic carbocycles. The lowest BCUT2D eigenvalue weighted by Crippen LogP contribution is -1.93. The van der Waals surface area contributed by atoms with Gasteiger partial charge in [0, 0.05) is 6.08 Å². The third-order valence-corrected chi connectivity index (χ3v) is 2.61. The second-order valence-electron chi connectivity index (χ2n) is 4.88. The Hall–Kier alpha value is -1.64. The Labute approximate surface area is 108 Å². The maximum atomic E-state index is 11.5. The number of allylic oxidation sites excluding steroid dienone is 4. The number of carbonyl (C=O) groups is 2. The molecule has 0 spiro atoms. The molecule has 0 aliphatic carbocycles. The summed E-state index contributed by atoms with van der Waals surface area (Å²) in [5.74, 6) is -0.193. The van der Waals surface area contributed by atoms with Crippen LogP contribution in [0.15, 0.2) is 34.9 Å². The summed E-state index contributed by atoms with van der Waals surface area (Å²) in [4.78, 5) is 22.3. The van der Waals surface area contributed by atoms with Crippen LogP contribution in [0.5, 0.6) is 0 Å². The van der Waals surface area contributed by atoms with Crippen LogP contribution in [0.3, 0.4) is 0 Å². The first-order chi connectivity index (χ1) is 8.47. The third kappa shape index (κ3) is 5.62. The van der Waals surface area contributed by atoms with Gasteiger partial charge in [-0.15, -0.1) is 0 Å². The first-order valence-electron chi connectivity index (χ1n) is 6.19. The highest BCUT2D eigenvalue weighted by Gasteiger charge is 2.11. The van der Waals surface area contributed by atoms with Gasteiger partial charge in [0.15, 0.2) is 5.78 Å². The van der Waals surface area contributed by atoms with Crippen LogP contribution in [0, 0.1) is 0 Å². The topological polar surface area (TPSA) is 43.4 Å². The highest BCUT2D eigenvalue weighted by Crippen LogP contribution is 2.16. The summed E-state index contributed by atoms with van der Waals surface area (Å²) >= 11 is 0. The predicted octanol–water partition coefficient (Wildman–Crippen LogP) is 3.12. The van der Waals surface area contributed by atoms with Gasteiger partial charge in [-0.1, -0.05) is 11.1 Å². The standard InChI is InChI=1S/C15H20O3/c1-11(2)7-14(16)8-12(3)5-4-6-13-9-15(17)18-10-13/h7-9H,4-6,10H2,1-3H3/b12-8-.